The molecule has 2 rings (SSSR count). The zero-order valence-electron chi connectivity index (χ0n) is 10.8. The third-order valence-corrected chi connectivity index (χ3v) is 4.37. The fraction of sp³-hybridized carbons (Fsp3) is 0.643. The van der Waals surface area contributed by atoms with Gasteiger partial charge in [-0.3, -0.25) is 4.98 Å². The fourth-order valence-electron chi connectivity index (χ4n) is 2.58. The number of halogens is 1. The van der Waals surface area contributed by atoms with Gasteiger partial charge in [0, 0.05) is 17.2 Å². The van der Waals surface area contributed by atoms with E-state index in [2.05, 4.69) is 33.2 Å². The van der Waals surface area contributed by atoms with E-state index in [-0.39, 0.29) is 0 Å². The zero-order chi connectivity index (χ0) is 13.0. The van der Waals surface area contributed by atoms with Gasteiger partial charge in [-0.25, -0.2) is 0 Å². The minimum atomic E-state index is -0.548. The maximum atomic E-state index is 10.5. The lowest BCUT2D eigenvalue weighted by Crippen LogP contribution is -2.40. The molecule has 3 nitrogen and oxygen atoms in total. The number of aliphatic hydroxyl groups is 1. The molecule has 0 amide bonds. The summed E-state index contributed by atoms with van der Waals surface area (Å²) in [6, 6.07) is 1.98. The van der Waals surface area contributed by atoms with Gasteiger partial charge in [-0.2, -0.15) is 0 Å². The SMILES string of the molecule is CCC1CCC(O)(CNc2cncc(Br)c2)CC1. The van der Waals surface area contributed by atoms with Crippen LogP contribution in [0.1, 0.15) is 39.0 Å². The van der Waals surface area contributed by atoms with Crippen molar-refractivity contribution < 1.29 is 5.11 Å². The van der Waals surface area contributed by atoms with Crippen molar-refractivity contribution in [3.05, 3.63) is 22.9 Å². The summed E-state index contributed by atoms with van der Waals surface area (Å²) in [4.78, 5) is 4.10. The largest absolute Gasteiger partial charge is 0.388 e. The quantitative estimate of drug-likeness (QED) is 0.893. The van der Waals surface area contributed by atoms with E-state index < -0.39 is 5.60 Å². The first-order valence-electron chi connectivity index (χ1n) is 6.68. The van der Waals surface area contributed by atoms with Gasteiger partial charge < -0.3 is 10.4 Å². The monoisotopic (exact) mass is 312 g/mol. The van der Waals surface area contributed by atoms with Crippen molar-refractivity contribution >= 4 is 21.6 Å². The van der Waals surface area contributed by atoms with E-state index in [0.29, 0.717) is 6.54 Å². The van der Waals surface area contributed by atoms with Gasteiger partial charge in [0.25, 0.3) is 0 Å². The van der Waals surface area contributed by atoms with Crippen molar-refractivity contribution in [3.63, 3.8) is 0 Å². The third-order valence-electron chi connectivity index (χ3n) is 3.94. The molecular weight excluding hydrogens is 292 g/mol. The van der Waals surface area contributed by atoms with E-state index in [1.54, 1.807) is 12.4 Å². The lowest BCUT2D eigenvalue weighted by Gasteiger charge is -2.36. The maximum absolute atomic E-state index is 10.5. The molecule has 1 heterocycles. The predicted octanol–water partition coefficient (Wildman–Crippen LogP) is 3.59. The van der Waals surface area contributed by atoms with Crippen LogP contribution in [-0.2, 0) is 0 Å². The van der Waals surface area contributed by atoms with Crippen molar-refractivity contribution in [2.45, 2.75) is 44.6 Å². The molecule has 1 saturated carbocycles. The average molecular weight is 313 g/mol. The Hall–Kier alpha value is -0.610. The van der Waals surface area contributed by atoms with Gasteiger partial charge in [0.15, 0.2) is 0 Å². The second kappa shape index (κ2) is 6.02. The van der Waals surface area contributed by atoms with Crippen molar-refractivity contribution in [2.75, 3.05) is 11.9 Å². The van der Waals surface area contributed by atoms with Crippen LogP contribution in [0.25, 0.3) is 0 Å². The van der Waals surface area contributed by atoms with E-state index in [9.17, 15) is 5.11 Å². The van der Waals surface area contributed by atoms with Crippen molar-refractivity contribution in [1.82, 2.24) is 4.98 Å². The number of nitrogens with one attached hydrogen (secondary N) is 1. The summed E-state index contributed by atoms with van der Waals surface area (Å²) in [5.74, 6) is 0.804. The van der Waals surface area contributed by atoms with Gasteiger partial charge in [-0.1, -0.05) is 13.3 Å². The molecule has 0 atom stereocenters. The second-order valence-corrected chi connectivity index (χ2v) is 6.24. The minimum Gasteiger partial charge on any atom is -0.388 e. The molecule has 0 aromatic carbocycles. The first kappa shape index (κ1) is 13.8. The molecule has 0 aliphatic heterocycles. The second-order valence-electron chi connectivity index (χ2n) is 5.32. The highest BCUT2D eigenvalue weighted by Crippen LogP contribution is 2.33. The van der Waals surface area contributed by atoms with Crippen molar-refractivity contribution in [3.8, 4) is 0 Å². The van der Waals surface area contributed by atoms with Crippen LogP contribution in [0.2, 0.25) is 0 Å². The molecule has 4 heteroatoms. The van der Waals surface area contributed by atoms with Crippen molar-refractivity contribution in [2.24, 2.45) is 5.92 Å². The van der Waals surface area contributed by atoms with Crippen LogP contribution in [0.3, 0.4) is 0 Å². The molecular formula is C14H21BrN2O. The Morgan fingerprint density at radius 2 is 2.17 bits per heavy atom. The summed E-state index contributed by atoms with van der Waals surface area (Å²) in [5.41, 5.74) is 0.406. The van der Waals surface area contributed by atoms with Gasteiger partial charge in [-0.05, 0) is 53.6 Å². The van der Waals surface area contributed by atoms with E-state index in [1.807, 2.05) is 6.07 Å². The Labute approximate surface area is 117 Å². The molecule has 1 aromatic heterocycles. The molecule has 0 radical (unpaired) electrons. The first-order chi connectivity index (χ1) is 8.61. The van der Waals surface area contributed by atoms with Crippen LogP contribution >= 0.6 is 15.9 Å². The third kappa shape index (κ3) is 3.69. The minimum absolute atomic E-state index is 0.548. The molecule has 1 aliphatic rings. The standard InChI is InChI=1S/C14H21BrN2O/c1-2-11-3-5-14(18,6-4-11)10-17-13-7-12(15)8-16-9-13/h7-9,11,17-18H,2-6,10H2,1H3. The van der Waals surface area contributed by atoms with Crippen LogP contribution in [0.4, 0.5) is 5.69 Å². The molecule has 18 heavy (non-hydrogen) atoms. The number of rotatable bonds is 4. The summed E-state index contributed by atoms with van der Waals surface area (Å²) in [6.45, 7) is 2.85. The zero-order valence-corrected chi connectivity index (χ0v) is 12.4. The molecule has 0 saturated heterocycles. The topological polar surface area (TPSA) is 45.1 Å². The maximum Gasteiger partial charge on any atom is 0.0819 e. The van der Waals surface area contributed by atoms with Gasteiger partial charge in [0.05, 0.1) is 17.5 Å². The van der Waals surface area contributed by atoms with E-state index >= 15 is 0 Å². The Morgan fingerprint density at radius 1 is 1.44 bits per heavy atom. The van der Waals surface area contributed by atoms with E-state index in [1.165, 1.54) is 6.42 Å². The van der Waals surface area contributed by atoms with Gasteiger partial charge in [0.1, 0.15) is 0 Å². The van der Waals surface area contributed by atoms with Gasteiger partial charge >= 0.3 is 0 Å². The van der Waals surface area contributed by atoms with Crippen LogP contribution in [-0.4, -0.2) is 22.2 Å². The molecule has 1 aliphatic carbocycles. The van der Waals surface area contributed by atoms with E-state index in [0.717, 1.165) is 41.8 Å². The van der Waals surface area contributed by atoms with Gasteiger partial charge in [0.2, 0.25) is 0 Å². The summed E-state index contributed by atoms with van der Waals surface area (Å²) in [5, 5.41) is 13.8. The normalized spacial score (nSPS) is 28.1. The molecule has 2 N–H and O–H groups in total. The highest BCUT2D eigenvalue weighted by molar-refractivity contribution is 9.10. The van der Waals surface area contributed by atoms with Crippen LogP contribution < -0.4 is 5.32 Å². The molecule has 100 valence electrons. The fourth-order valence-corrected chi connectivity index (χ4v) is 2.94. The van der Waals surface area contributed by atoms with E-state index in [4.69, 9.17) is 0 Å². The lowest BCUT2D eigenvalue weighted by molar-refractivity contribution is 0.00229. The van der Waals surface area contributed by atoms with Crippen LogP contribution in [0.5, 0.6) is 0 Å². The molecule has 0 bridgehead atoms. The number of aromatic nitrogens is 1. The number of nitrogens with zero attached hydrogens (tertiary/aromatic N) is 1. The number of pyridine rings is 1. The Kier molecular flexibility index (Phi) is 4.62. The molecule has 0 spiro atoms. The Morgan fingerprint density at radius 3 is 2.78 bits per heavy atom. The van der Waals surface area contributed by atoms with Crippen LogP contribution in [0.15, 0.2) is 22.9 Å². The van der Waals surface area contributed by atoms with Crippen molar-refractivity contribution in [1.29, 1.82) is 0 Å². The average Bonchev–Trinajstić information content (AvgIpc) is 2.38. The highest BCUT2D eigenvalue weighted by Gasteiger charge is 2.32. The smallest absolute Gasteiger partial charge is 0.0819 e. The summed E-state index contributed by atoms with van der Waals surface area (Å²) in [7, 11) is 0. The summed E-state index contributed by atoms with van der Waals surface area (Å²) >= 11 is 3.39. The highest BCUT2D eigenvalue weighted by atomic mass is 79.9. The lowest BCUT2D eigenvalue weighted by atomic mass is 9.78. The first-order valence-corrected chi connectivity index (χ1v) is 7.47. The summed E-state index contributed by atoms with van der Waals surface area (Å²) in [6.07, 6.45) is 8.87. The molecule has 1 aromatic rings. The number of hydrogen-bond acceptors (Lipinski definition) is 3. The van der Waals surface area contributed by atoms with Crippen LogP contribution in [0, 0.1) is 5.92 Å². The Balaban J connectivity index is 1.86. The number of hydrogen-bond donors (Lipinski definition) is 2. The molecule has 0 unspecified atom stereocenters. The van der Waals surface area contributed by atoms with Gasteiger partial charge in [-0.15, -0.1) is 0 Å². The number of anilines is 1. The molecule has 1 fully saturated rings. The summed E-state index contributed by atoms with van der Waals surface area (Å²) < 4.78 is 0.953. The Bertz CT molecular complexity index is 389. The predicted molar refractivity (Wildman–Crippen MR) is 77.6 cm³/mol.